The summed E-state index contributed by atoms with van der Waals surface area (Å²) in [5, 5.41) is 13.3. The summed E-state index contributed by atoms with van der Waals surface area (Å²) in [5.74, 6) is 0.0120. The molecule has 0 atom stereocenters. The number of nitrogens with zero attached hydrogens (tertiary/aromatic N) is 1. The average Bonchev–Trinajstić information content (AvgIpc) is 2.83. The highest BCUT2D eigenvalue weighted by Gasteiger charge is 2.37. The molecule has 1 amide bonds. The number of carbonyl (C=O) groups excluding carboxylic acids is 1. The van der Waals surface area contributed by atoms with Crippen LogP contribution in [0, 0.1) is 0 Å². The van der Waals surface area contributed by atoms with Gasteiger partial charge in [-0.25, -0.2) is 4.98 Å². The number of aliphatic hydroxyl groups excluding tert-OH is 1. The van der Waals surface area contributed by atoms with E-state index < -0.39 is 0 Å². The molecule has 106 valence electrons. The van der Waals surface area contributed by atoms with Crippen LogP contribution >= 0.6 is 11.3 Å². The lowest BCUT2D eigenvalue weighted by atomic mass is 9.77. The number of para-hydroxylation sites is 1. The Kier molecular flexibility index (Phi) is 3.72. The van der Waals surface area contributed by atoms with Crippen LogP contribution < -0.4 is 5.32 Å². The molecule has 5 heteroatoms. The molecular weight excluding hydrogens is 272 g/mol. The predicted molar refractivity (Wildman–Crippen MR) is 79.8 cm³/mol. The summed E-state index contributed by atoms with van der Waals surface area (Å²) >= 11 is 1.64. The molecule has 1 aliphatic rings. The fraction of sp³-hybridized carbons (Fsp3) is 0.467. The number of thiazole rings is 1. The van der Waals surface area contributed by atoms with Crippen molar-refractivity contribution in [2.45, 2.75) is 37.6 Å². The van der Waals surface area contributed by atoms with E-state index in [0.717, 1.165) is 34.5 Å². The minimum Gasteiger partial charge on any atom is -0.394 e. The van der Waals surface area contributed by atoms with Crippen molar-refractivity contribution in [3.05, 3.63) is 29.3 Å². The third-order valence-electron chi connectivity index (χ3n) is 3.92. The first-order valence-corrected chi connectivity index (χ1v) is 7.79. The van der Waals surface area contributed by atoms with Crippen LogP contribution in [0.25, 0.3) is 10.2 Å². The van der Waals surface area contributed by atoms with Gasteiger partial charge in [-0.05, 0) is 31.4 Å². The number of benzene rings is 1. The van der Waals surface area contributed by atoms with Crippen LogP contribution in [0.1, 0.15) is 30.7 Å². The van der Waals surface area contributed by atoms with Crippen molar-refractivity contribution in [1.82, 2.24) is 10.3 Å². The van der Waals surface area contributed by atoms with E-state index in [2.05, 4.69) is 10.3 Å². The van der Waals surface area contributed by atoms with Crippen molar-refractivity contribution in [2.24, 2.45) is 0 Å². The Hall–Kier alpha value is -1.46. The number of hydrogen-bond acceptors (Lipinski definition) is 4. The summed E-state index contributed by atoms with van der Waals surface area (Å²) in [4.78, 5) is 16.5. The van der Waals surface area contributed by atoms with E-state index >= 15 is 0 Å². The van der Waals surface area contributed by atoms with Crippen LogP contribution in [-0.2, 0) is 11.2 Å². The Morgan fingerprint density at radius 3 is 2.85 bits per heavy atom. The van der Waals surface area contributed by atoms with Gasteiger partial charge in [0.05, 0.1) is 27.4 Å². The molecule has 2 aromatic rings. The van der Waals surface area contributed by atoms with E-state index in [-0.39, 0.29) is 18.1 Å². The van der Waals surface area contributed by atoms with Crippen LogP contribution in [0.15, 0.2) is 24.3 Å². The predicted octanol–water partition coefficient (Wildman–Crippen LogP) is 2.26. The van der Waals surface area contributed by atoms with Gasteiger partial charge in [-0.1, -0.05) is 12.1 Å². The van der Waals surface area contributed by atoms with Crippen molar-refractivity contribution in [1.29, 1.82) is 0 Å². The van der Waals surface area contributed by atoms with E-state index in [0.29, 0.717) is 12.8 Å². The summed E-state index contributed by atoms with van der Waals surface area (Å²) in [6.07, 6.45) is 3.94. The van der Waals surface area contributed by atoms with Gasteiger partial charge >= 0.3 is 0 Å². The number of carbonyl (C=O) groups is 1. The number of aromatic nitrogens is 1. The molecular formula is C15H18N2O2S. The normalized spacial score (nSPS) is 16.9. The zero-order valence-corrected chi connectivity index (χ0v) is 12.1. The molecule has 2 N–H and O–H groups in total. The van der Waals surface area contributed by atoms with Gasteiger partial charge in [0.15, 0.2) is 0 Å². The van der Waals surface area contributed by atoms with Gasteiger partial charge in [-0.2, -0.15) is 0 Å². The minimum absolute atomic E-state index is 0.0120. The topological polar surface area (TPSA) is 62.2 Å². The maximum atomic E-state index is 12.0. The van der Waals surface area contributed by atoms with Crippen LogP contribution in [0.4, 0.5) is 0 Å². The summed E-state index contributed by atoms with van der Waals surface area (Å²) in [6, 6.07) is 8.01. The molecule has 3 rings (SSSR count). The van der Waals surface area contributed by atoms with Crippen molar-refractivity contribution >= 4 is 27.5 Å². The van der Waals surface area contributed by atoms with Crippen molar-refractivity contribution < 1.29 is 9.90 Å². The number of hydrogen-bond donors (Lipinski definition) is 2. The van der Waals surface area contributed by atoms with Gasteiger partial charge in [0, 0.05) is 12.8 Å². The van der Waals surface area contributed by atoms with Crippen LogP contribution in [0.2, 0.25) is 0 Å². The molecule has 1 aliphatic carbocycles. The van der Waals surface area contributed by atoms with E-state index in [4.69, 9.17) is 0 Å². The highest BCUT2D eigenvalue weighted by Crippen LogP contribution is 2.31. The third kappa shape index (κ3) is 2.69. The first kappa shape index (κ1) is 13.5. The first-order chi connectivity index (χ1) is 9.71. The molecule has 20 heavy (non-hydrogen) atoms. The van der Waals surface area contributed by atoms with Gasteiger partial charge in [-0.3, -0.25) is 4.79 Å². The lowest BCUT2D eigenvalue weighted by Crippen LogP contribution is -2.56. The highest BCUT2D eigenvalue weighted by atomic mass is 32.1. The molecule has 0 radical (unpaired) electrons. The standard InChI is InChI=1S/C15H18N2O2S/c18-10-15(8-3-9-15)17-13(19)6-7-14-16-11-4-1-2-5-12(11)20-14/h1-2,4-5,18H,3,6-10H2,(H,17,19). The first-order valence-electron chi connectivity index (χ1n) is 6.97. The monoisotopic (exact) mass is 290 g/mol. The third-order valence-corrected chi connectivity index (χ3v) is 5.02. The molecule has 0 saturated heterocycles. The number of amides is 1. The molecule has 0 unspecified atom stereocenters. The lowest BCUT2D eigenvalue weighted by molar-refractivity contribution is -0.125. The number of rotatable bonds is 5. The SMILES string of the molecule is O=C(CCc1nc2ccccc2s1)NC1(CO)CCC1. The molecule has 1 saturated carbocycles. The summed E-state index contributed by atoms with van der Waals surface area (Å²) in [7, 11) is 0. The van der Waals surface area contributed by atoms with Gasteiger partial charge in [0.1, 0.15) is 0 Å². The Labute approximate surface area is 121 Å². The molecule has 4 nitrogen and oxygen atoms in total. The van der Waals surface area contributed by atoms with Gasteiger partial charge in [-0.15, -0.1) is 11.3 Å². The Bertz CT molecular complexity index is 581. The zero-order valence-electron chi connectivity index (χ0n) is 11.3. The molecule has 0 aliphatic heterocycles. The maximum Gasteiger partial charge on any atom is 0.220 e. The van der Waals surface area contributed by atoms with E-state index in [1.54, 1.807) is 11.3 Å². The Balaban J connectivity index is 1.57. The zero-order chi connectivity index (χ0) is 14.0. The summed E-state index contributed by atoms with van der Waals surface area (Å²) < 4.78 is 1.16. The Morgan fingerprint density at radius 1 is 1.40 bits per heavy atom. The van der Waals surface area contributed by atoms with Crippen LogP contribution in [0.3, 0.4) is 0 Å². The van der Waals surface area contributed by atoms with E-state index in [9.17, 15) is 9.90 Å². The van der Waals surface area contributed by atoms with Crippen LogP contribution in [-0.4, -0.2) is 28.1 Å². The smallest absolute Gasteiger partial charge is 0.220 e. The molecule has 1 aromatic heterocycles. The van der Waals surface area contributed by atoms with Crippen molar-refractivity contribution in [2.75, 3.05) is 6.61 Å². The largest absolute Gasteiger partial charge is 0.394 e. The fourth-order valence-electron chi connectivity index (χ4n) is 2.53. The van der Waals surface area contributed by atoms with Gasteiger partial charge in [0.25, 0.3) is 0 Å². The molecule has 1 heterocycles. The quantitative estimate of drug-likeness (QED) is 0.888. The highest BCUT2D eigenvalue weighted by molar-refractivity contribution is 7.18. The van der Waals surface area contributed by atoms with Crippen molar-refractivity contribution in [3.8, 4) is 0 Å². The molecule has 1 fully saturated rings. The molecule has 0 spiro atoms. The lowest BCUT2D eigenvalue weighted by Gasteiger charge is -2.41. The van der Waals surface area contributed by atoms with Gasteiger partial charge in [0.2, 0.25) is 5.91 Å². The average molecular weight is 290 g/mol. The number of aliphatic hydroxyl groups is 1. The summed E-state index contributed by atoms with van der Waals surface area (Å²) in [6.45, 7) is 0.0415. The maximum absolute atomic E-state index is 12.0. The van der Waals surface area contributed by atoms with Crippen LogP contribution in [0.5, 0.6) is 0 Å². The minimum atomic E-state index is -0.343. The summed E-state index contributed by atoms with van der Waals surface area (Å²) in [5.41, 5.74) is 0.656. The second-order valence-corrected chi connectivity index (χ2v) is 6.53. The number of aryl methyl sites for hydroxylation is 1. The second-order valence-electron chi connectivity index (χ2n) is 5.42. The molecule has 1 aromatic carbocycles. The fourth-order valence-corrected chi connectivity index (χ4v) is 3.50. The second kappa shape index (κ2) is 5.50. The van der Waals surface area contributed by atoms with E-state index in [1.165, 1.54) is 0 Å². The van der Waals surface area contributed by atoms with Crippen molar-refractivity contribution in [3.63, 3.8) is 0 Å². The van der Waals surface area contributed by atoms with Gasteiger partial charge < -0.3 is 10.4 Å². The van der Waals surface area contributed by atoms with E-state index in [1.807, 2.05) is 24.3 Å². The Morgan fingerprint density at radius 2 is 2.20 bits per heavy atom. The number of nitrogens with one attached hydrogen (secondary N) is 1. The number of fused-ring (bicyclic) bond motifs is 1. The molecule has 0 bridgehead atoms.